The maximum atomic E-state index is 14.0. The van der Waals surface area contributed by atoms with Gasteiger partial charge in [-0.2, -0.15) is 0 Å². The van der Waals surface area contributed by atoms with Crippen LogP contribution in [0.4, 0.5) is 4.39 Å². The number of amides is 1. The molecule has 0 bridgehead atoms. The quantitative estimate of drug-likeness (QED) is 0.729. The number of benzene rings is 2. The van der Waals surface area contributed by atoms with Crippen LogP contribution < -0.4 is 4.72 Å². The molecule has 0 atom stereocenters. The van der Waals surface area contributed by atoms with Crippen LogP contribution in [-0.4, -0.2) is 56.8 Å². The van der Waals surface area contributed by atoms with Crippen LogP contribution in [0.15, 0.2) is 41.3 Å². The van der Waals surface area contributed by atoms with Crippen molar-refractivity contribution in [3.63, 3.8) is 0 Å². The third-order valence-electron chi connectivity index (χ3n) is 5.19. The molecule has 0 unspecified atom stereocenters. The molecular weight excluding hydrogens is 429 g/mol. The van der Waals surface area contributed by atoms with E-state index in [1.165, 1.54) is 18.2 Å². The van der Waals surface area contributed by atoms with Gasteiger partial charge in [0.05, 0.1) is 4.90 Å². The van der Waals surface area contributed by atoms with E-state index < -0.39 is 10.0 Å². The standard InChI is InChI=1S/C21H25ClFN3O3S/c1-3-24-30(28,29)16-8-7-15(2)17(13-16)21(27)26-11-9-25(10-12-26)14-18-19(22)5-4-6-20(18)23/h4-8,13,24H,3,9-12,14H2,1-2H3. The average Bonchev–Trinajstić information content (AvgIpc) is 2.71. The molecule has 0 aliphatic carbocycles. The second-order valence-electron chi connectivity index (χ2n) is 7.25. The lowest BCUT2D eigenvalue weighted by Crippen LogP contribution is -2.48. The summed E-state index contributed by atoms with van der Waals surface area (Å²) in [4.78, 5) is 16.9. The first-order valence-electron chi connectivity index (χ1n) is 9.77. The van der Waals surface area contributed by atoms with Crippen molar-refractivity contribution in [2.24, 2.45) is 0 Å². The van der Waals surface area contributed by atoms with E-state index in [0.29, 0.717) is 48.9 Å². The van der Waals surface area contributed by atoms with Gasteiger partial charge in [-0.25, -0.2) is 17.5 Å². The average molecular weight is 454 g/mol. The molecule has 2 aromatic rings. The summed E-state index contributed by atoms with van der Waals surface area (Å²) in [5.74, 6) is -0.542. The Morgan fingerprint density at radius 2 is 1.87 bits per heavy atom. The molecular formula is C21H25ClFN3O3S. The summed E-state index contributed by atoms with van der Waals surface area (Å²) in [7, 11) is -3.64. The maximum Gasteiger partial charge on any atom is 0.254 e. The minimum Gasteiger partial charge on any atom is -0.336 e. The lowest BCUT2D eigenvalue weighted by Gasteiger charge is -2.35. The molecule has 3 rings (SSSR count). The van der Waals surface area contributed by atoms with Crippen LogP contribution in [-0.2, 0) is 16.6 Å². The Labute approximate surface area is 181 Å². The molecule has 0 spiro atoms. The second-order valence-corrected chi connectivity index (χ2v) is 9.42. The summed E-state index contributed by atoms with van der Waals surface area (Å²) in [5, 5.41) is 0.392. The van der Waals surface area contributed by atoms with Gasteiger partial charge in [-0.3, -0.25) is 9.69 Å². The first-order valence-corrected chi connectivity index (χ1v) is 11.6. The fourth-order valence-electron chi connectivity index (χ4n) is 3.46. The molecule has 1 N–H and O–H groups in total. The number of hydrogen-bond donors (Lipinski definition) is 1. The Kier molecular flexibility index (Phi) is 7.13. The molecule has 30 heavy (non-hydrogen) atoms. The molecule has 0 radical (unpaired) electrons. The van der Waals surface area contributed by atoms with Crippen LogP contribution in [0.5, 0.6) is 0 Å². The van der Waals surface area contributed by atoms with Crippen LogP contribution >= 0.6 is 11.6 Å². The van der Waals surface area contributed by atoms with E-state index in [0.717, 1.165) is 5.56 Å². The van der Waals surface area contributed by atoms with Crippen LogP contribution in [0.1, 0.15) is 28.4 Å². The molecule has 1 aliphatic heterocycles. The highest BCUT2D eigenvalue weighted by Gasteiger charge is 2.25. The Hall–Kier alpha value is -2.00. The van der Waals surface area contributed by atoms with E-state index in [4.69, 9.17) is 11.6 Å². The molecule has 1 heterocycles. The van der Waals surface area contributed by atoms with Gasteiger partial charge in [-0.1, -0.05) is 30.7 Å². The fraction of sp³-hybridized carbons (Fsp3) is 0.381. The number of piperazine rings is 1. The lowest BCUT2D eigenvalue weighted by molar-refractivity contribution is 0.0626. The molecule has 1 saturated heterocycles. The topological polar surface area (TPSA) is 69.7 Å². The smallest absolute Gasteiger partial charge is 0.254 e. The van der Waals surface area contributed by atoms with Gasteiger partial charge in [-0.05, 0) is 36.8 Å². The molecule has 162 valence electrons. The number of nitrogens with one attached hydrogen (secondary N) is 1. The van der Waals surface area contributed by atoms with E-state index in [1.54, 1.807) is 36.9 Å². The number of rotatable bonds is 6. The molecule has 0 saturated carbocycles. The first-order chi connectivity index (χ1) is 14.2. The zero-order valence-electron chi connectivity index (χ0n) is 17.0. The summed E-state index contributed by atoms with van der Waals surface area (Å²) in [5.41, 5.74) is 1.55. The number of nitrogens with zero attached hydrogens (tertiary/aromatic N) is 2. The highest BCUT2D eigenvalue weighted by Crippen LogP contribution is 2.22. The number of carbonyl (C=O) groups excluding carboxylic acids is 1. The van der Waals surface area contributed by atoms with E-state index >= 15 is 0 Å². The Morgan fingerprint density at radius 3 is 2.50 bits per heavy atom. The third kappa shape index (κ3) is 5.00. The third-order valence-corrected chi connectivity index (χ3v) is 7.08. The summed E-state index contributed by atoms with van der Waals surface area (Å²) in [6.45, 7) is 6.22. The van der Waals surface area contributed by atoms with Crippen molar-refractivity contribution in [2.45, 2.75) is 25.3 Å². The minimum absolute atomic E-state index is 0.0751. The van der Waals surface area contributed by atoms with Gasteiger partial charge in [-0.15, -0.1) is 0 Å². The van der Waals surface area contributed by atoms with Gasteiger partial charge in [0, 0.05) is 55.4 Å². The summed E-state index contributed by atoms with van der Waals surface area (Å²) in [6, 6.07) is 9.20. The lowest BCUT2D eigenvalue weighted by atomic mass is 10.1. The number of carbonyl (C=O) groups is 1. The summed E-state index contributed by atoms with van der Waals surface area (Å²) < 4.78 is 41.0. The number of sulfonamides is 1. The maximum absolute atomic E-state index is 14.0. The van der Waals surface area contributed by atoms with Crippen molar-refractivity contribution in [3.05, 3.63) is 63.9 Å². The highest BCUT2D eigenvalue weighted by atomic mass is 35.5. The molecule has 1 fully saturated rings. The number of hydrogen-bond acceptors (Lipinski definition) is 4. The number of aryl methyl sites for hydroxylation is 1. The van der Waals surface area contributed by atoms with Crippen molar-refractivity contribution in [3.8, 4) is 0 Å². The monoisotopic (exact) mass is 453 g/mol. The molecule has 2 aromatic carbocycles. The van der Waals surface area contributed by atoms with Gasteiger partial charge in [0.15, 0.2) is 0 Å². The highest BCUT2D eigenvalue weighted by molar-refractivity contribution is 7.89. The summed E-state index contributed by atoms with van der Waals surface area (Å²) in [6.07, 6.45) is 0. The van der Waals surface area contributed by atoms with Crippen molar-refractivity contribution < 1.29 is 17.6 Å². The van der Waals surface area contributed by atoms with Crippen LogP contribution in [0, 0.1) is 12.7 Å². The normalized spacial score (nSPS) is 15.4. The Balaban J connectivity index is 1.70. The molecule has 0 aromatic heterocycles. The van der Waals surface area contributed by atoms with Gasteiger partial charge in [0.1, 0.15) is 5.82 Å². The summed E-state index contributed by atoms with van der Waals surface area (Å²) >= 11 is 6.11. The zero-order chi connectivity index (χ0) is 21.9. The van der Waals surface area contributed by atoms with Gasteiger partial charge in [0.25, 0.3) is 5.91 Å². The zero-order valence-corrected chi connectivity index (χ0v) is 18.6. The molecule has 6 nitrogen and oxygen atoms in total. The Bertz CT molecular complexity index is 1020. The Morgan fingerprint density at radius 1 is 1.17 bits per heavy atom. The molecule has 9 heteroatoms. The largest absolute Gasteiger partial charge is 0.336 e. The second kappa shape index (κ2) is 9.43. The van der Waals surface area contributed by atoms with Crippen molar-refractivity contribution in [1.82, 2.24) is 14.5 Å². The first kappa shape index (κ1) is 22.7. The van der Waals surface area contributed by atoms with E-state index in [9.17, 15) is 17.6 Å². The van der Waals surface area contributed by atoms with E-state index in [-0.39, 0.29) is 23.2 Å². The fourth-order valence-corrected chi connectivity index (χ4v) is 4.75. The molecule has 1 aliphatic rings. The van der Waals surface area contributed by atoms with Gasteiger partial charge in [0.2, 0.25) is 10.0 Å². The molecule has 1 amide bonds. The van der Waals surface area contributed by atoms with Crippen molar-refractivity contribution in [1.29, 1.82) is 0 Å². The van der Waals surface area contributed by atoms with Crippen LogP contribution in [0.3, 0.4) is 0 Å². The predicted octanol–water partition coefficient (Wildman–Crippen LogP) is 3.04. The predicted molar refractivity (Wildman–Crippen MR) is 115 cm³/mol. The SMILES string of the molecule is CCNS(=O)(=O)c1ccc(C)c(C(=O)N2CCN(Cc3c(F)cccc3Cl)CC2)c1. The van der Waals surface area contributed by atoms with Crippen LogP contribution in [0.25, 0.3) is 0 Å². The number of halogens is 2. The van der Waals surface area contributed by atoms with E-state index in [1.807, 2.05) is 4.90 Å². The van der Waals surface area contributed by atoms with Crippen molar-refractivity contribution >= 4 is 27.5 Å². The van der Waals surface area contributed by atoms with E-state index in [2.05, 4.69) is 4.72 Å². The minimum atomic E-state index is -3.64. The van der Waals surface area contributed by atoms with Gasteiger partial charge < -0.3 is 4.90 Å². The van der Waals surface area contributed by atoms with Crippen molar-refractivity contribution in [2.75, 3.05) is 32.7 Å². The van der Waals surface area contributed by atoms with Crippen LogP contribution in [0.2, 0.25) is 5.02 Å². The van der Waals surface area contributed by atoms with Gasteiger partial charge >= 0.3 is 0 Å².